The van der Waals surface area contributed by atoms with Gasteiger partial charge in [0.15, 0.2) is 0 Å². The van der Waals surface area contributed by atoms with E-state index in [1.54, 1.807) is 12.4 Å². The molecule has 3 aromatic rings. The van der Waals surface area contributed by atoms with Crippen LogP contribution in [0.3, 0.4) is 0 Å². The molecule has 0 atom stereocenters. The average Bonchev–Trinajstić information content (AvgIpc) is 2.43. The van der Waals surface area contributed by atoms with Gasteiger partial charge in [-0.1, -0.05) is 12.1 Å². The topological polar surface area (TPSA) is 50.7 Å². The van der Waals surface area contributed by atoms with Crippen LogP contribution >= 0.6 is 11.6 Å². The minimum atomic E-state index is 0.231. The lowest BCUT2D eigenvalue weighted by atomic mass is 10.1. The molecule has 0 unspecified atom stereocenters. The van der Waals surface area contributed by atoms with Crippen LogP contribution in [0.1, 0.15) is 5.56 Å². The Kier molecular flexibility index (Phi) is 3.01. The molecule has 19 heavy (non-hydrogen) atoms. The maximum absolute atomic E-state index is 5.83. The van der Waals surface area contributed by atoms with E-state index in [2.05, 4.69) is 20.3 Å². The summed E-state index contributed by atoms with van der Waals surface area (Å²) in [5, 5.41) is 5.69. The average molecular weight is 271 g/mol. The summed E-state index contributed by atoms with van der Waals surface area (Å²) in [7, 11) is 0. The number of anilines is 2. The van der Waals surface area contributed by atoms with Crippen molar-refractivity contribution >= 4 is 33.9 Å². The number of aromatic nitrogens is 3. The predicted molar refractivity (Wildman–Crippen MR) is 76.8 cm³/mol. The van der Waals surface area contributed by atoms with Gasteiger partial charge in [0.25, 0.3) is 0 Å². The van der Waals surface area contributed by atoms with Crippen LogP contribution in [-0.4, -0.2) is 15.0 Å². The third kappa shape index (κ3) is 2.35. The molecular formula is C14H11ClN4. The van der Waals surface area contributed by atoms with Gasteiger partial charge >= 0.3 is 0 Å². The molecular weight excluding hydrogens is 260 g/mol. The summed E-state index contributed by atoms with van der Waals surface area (Å²) >= 11 is 5.83. The first kappa shape index (κ1) is 11.9. The van der Waals surface area contributed by atoms with Crippen molar-refractivity contribution in [3.05, 3.63) is 53.7 Å². The molecule has 1 aromatic carbocycles. The van der Waals surface area contributed by atoms with E-state index in [9.17, 15) is 0 Å². The van der Waals surface area contributed by atoms with Crippen LogP contribution in [0.4, 0.5) is 11.5 Å². The number of pyridine rings is 1. The van der Waals surface area contributed by atoms with E-state index < -0.39 is 0 Å². The highest BCUT2D eigenvalue weighted by atomic mass is 35.5. The summed E-state index contributed by atoms with van der Waals surface area (Å²) < 4.78 is 0. The summed E-state index contributed by atoms with van der Waals surface area (Å²) in [5.41, 5.74) is 1.91. The quantitative estimate of drug-likeness (QED) is 0.721. The molecule has 0 aliphatic carbocycles. The van der Waals surface area contributed by atoms with Gasteiger partial charge in [-0.05, 0) is 30.7 Å². The van der Waals surface area contributed by atoms with Crippen LogP contribution < -0.4 is 5.32 Å². The Hall–Kier alpha value is -2.20. The monoisotopic (exact) mass is 270 g/mol. The van der Waals surface area contributed by atoms with Gasteiger partial charge in [-0.15, -0.1) is 0 Å². The SMILES string of the molecule is Cc1cnc(Cl)nc1Nc1cccc2cnccc12. The Bertz CT molecular complexity index is 737. The fraction of sp³-hybridized carbons (Fsp3) is 0.0714. The first-order valence-electron chi connectivity index (χ1n) is 5.83. The number of nitrogens with zero attached hydrogens (tertiary/aromatic N) is 3. The molecule has 5 heteroatoms. The molecule has 0 saturated heterocycles. The number of hydrogen-bond acceptors (Lipinski definition) is 4. The molecule has 2 aromatic heterocycles. The molecule has 3 rings (SSSR count). The van der Waals surface area contributed by atoms with Crippen molar-refractivity contribution in [3.8, 4) is 0 Å². The number of halogens is 1. The number of nitrogens with one attached hydrogen (secondary N) is 1. The van der Waals surface area contributed by atoms with Crippen molar-refractivity contribution < 1.29 is 0 Å². The summed E-state index contributed by atoms with van der Waals surface area (Å²) in [6, 6.07) is 7.96. The van der Waals surface area contributed by atoms with Crippen LogP contribution in [0.5, 0.6) is 0 Å². The van der Waals surface area contributed by atoms with E-state index in [0.29, 0.717) is 5.82 Å². The van der Waals surface area contributed by atoms with E-state index in [4.69, 9.17) is 11.6 Å². The Labute approximate surface area is 115 Å². The second kappa shape index (κ2) is 4.82. The molecule has 1 N–H and O–H groups in total. The lowest BCUT2D eigenvalue weighted by molar-refractivity contribution is 1.13. The van der Waals surface area contributed by atoms with Crippen molar-refractivity contribution in [2.45, 2.75) is 6.92 Å². The molecule has 0 radical (unpaired) electrons. The minimum absolute atomic E-state index is 0.231. The van der Waals surface area contributed by atoms with Gasteiger partial charge in [0.2, 0.25) is 5.28 Å². The molecule has 2 heterocycles. The van der Waals surface area contributed by atoms with Crippen LogP contribution in [0, 0.1) is 6.92 Å². The van der Waals surface area contributed by atoms with Gasteiger partial charge in [0.05, 0.1) is 0 Å². The normalized spacial score (nSPS) is 10.6. The van der Waals surface area contributed by atoms with E-state index in [0.717, 1.165) is 22.0 Å². The van der Waals surface area contributed by atoms with Gasteiger partial charge in [-0.3, -0.25) is 4.98 Å². The molecule has 0 saturated carbocycles. The summed E-state index contributed by atoms with van der Waals surface area (Å²) in [6.07, 6.45) is 5.30. The van der Waals surface area contributed by atoms with Gasteiger partial charge in [0.1, 0.15) is 5.82 Å². The van der Waals surface area contributed by atoms with Crippen LogP contribution in [0.25, 0.3) is 10.8 Å². The van der Waals surface area contributed by atoms with E-state index in [1.165, 1.54) is 0 Å². The largest absolute Gasteiger partial charge is 0.339 e. The maximum atomic E-state index is 5.83. The highest BCUT2D eigenvalue weighted by molar-refractivity contribution is 6.28. The van der Waals surface area contributed by atoms with Crippen molar-refractivity contribution in [1.29, 1.82) is 0 Å². The van der Waals surface area contributed by atoms with Crippen LogP contribution in [0.15, 0.2) is 42.9 Å². The summed E-state index contributed by atoms with van der Waals surface area (Å²) in [5.74, 6) is 0.712. The summed E-state index contributed by atoms with van der Waals surface area (Å²) in [4.78, 5) is 12.3. The summed E-state index contributed by atoms with van der Waals surface area (Å²) in [6.45, 7) is 1.94. The molecule has 0 spiro atoms. The highest BCUT2D eigenvalue weighted by Crippen LogP contribution is 2.26. The zero-order valence-electron chi connectivity index (χ0n) is 10.3. The van der Waals surface area contributed by atoms with Gasteiger partial charge < -0.3 is 5.32 Å². The molecule has 0 fully saturated rings. The van der Waals surface area contributed by atoms with Gasteiger partial charge in [0, 0.05) is 40.6 Å². The van der Waals surface area contributed by atoms with Crippen LogP contribution in [-0.2, 0) is 0 Å². The van der Waals surface area contributed by atoms with Crippen molar-refractivity contribution in [1.82, 2.24) is 15.0 Å². The fourth-order valence-electron chi connectivity index (χ4n) is 1.91. The molecule has 0 amide bonds. The maximum Gasteiger partial charge on any atom is 0.224 e. The highest BCUT2D eigenvalue weighted by Gasteiger charge is 2.05. The molecule has 94 valence electrons. The smallest absolute Gasteiger partial charge is 0.224 e. The first-order valence-corrected chi connectivity index (χ1v) is 6.21. The molecule has 4 nitrogen and oxygen atoms in total. The zero-order chi connectivity index (χ0) is 13.2. The van der Waals surface area contributed by atoms with E-state index >= 15 is 0 Å². The second-order valence-electron chi connectivity index (χ2n) is 4.20. The third-order valence-corrected chi connectivity index (χ3v) is 3.06. The van der Waals surface area contributed by atoms with Crippen molar-refractivity contribution in [2.24, 2.45) is 0 Å². The first-order chi connectivity index (χ1) is 9.24. The third-order valence-electron chi connectivity index (χ3n) is 2.88. The van der Waals surface area contributed by atoms with E-state index in [1.807, 2.05) is 37.4 Å². The lowest BCUT2D eigenvalue weighted by Crippen LogP contribution is -1.98. The predicted octanol–water partition coefficient (Wildman–Crippen LogP) is 3.73. The van der Waals surface area contributed by atoms with Crippen LogP contribution in [0.2, 0.25) is 5.28 Å². The van der Waals surface area contributed by atoms with Crippen molar-refractivity contribution in [2.75, 3.05) is 5.32 Å². The number of aryl methyl sites for hydroxylation is 1. The number of fused-ring (bicyclic) bond motifs is 1. The minimum Gasteiger partial charge on any atom is -0.339 e. The molecule has 0 bridgehead atoms. The number of hydrogen-bond donors (Lipinski definition) is 1. The Morgan fingerprint density at radius 3 is 2.95 bits per heavy atom. The zero-order valence-corrected chi connectivity index (χ0v) is 11.0. The Balaban J connectivity index is 2.08. The molecule has 0 aliphatic heterocycles. The lowest BCUT2D eigenvalue weighted by Gasteiger charge is -2.10. The van der Waals surface area contributed by atoms with Gasteiger partial charge in [-0.25, -0.2) is 9.97 Å². The fourth-order valence-corrected chi connectivity index (χ4v) is 2.04. The standard InChI is InChI=1S/C14H11ClN4/c1-9-7-17-14(15)19-13(9)18-12-4-2-3-10-8-16-6-5-11(10)12/h2-8H,1H3,(H,17,18,19). The Morgan fingerprint density at radius 2 is 2.05 bits per heavy atom. The van der Waals surface area contributed by atoms with Crippen molar-refractivity contribution in [3.63, 3.8) is 0 Å². The number of benzene rings is 1. The second-order valence-corrected chi connectivity index (χ2v) is 4.54. The molecule has 0 aliphatic rings. The number of rotatable bonds is 2. The van der Waals surface area contributed by atoms with E-state index in [-0.39, 0.29) is 5.28 Å². The Morgan fingerprint density at radius 1 is 1.16 bits per heavy atom. The van der Waals surface area contributed by atoms with Gasteiger partial charge in [-0.2, -0.15) is 0 Å².